The molecule has 1 rings (SSSR count). The van der Waals surface area contributed by atoms with Crippen LogP contribution < -0.4 is 5.32 Å². The SMILES string of the molecule is C=C1C=C(C(C)C)N[C]1=[W]. The van der Waals surface area contributed by atoms with Crippen molar-refractivity contribution in [1.29, 1.82) is 0 Å². The van der Waals surface area contributed by atoms with Gasteiger partial charge in [-0.05, 0) is 0 Å². The Labute approximate surface area is 72.6 Å². The standard InChI is InChI=1S/C8H11N.W/c1-6(2)8-4-7(3)5-9-8;/h4,6,9H,3H2,1-2H3;. The molecule has 0 aromatic heterocycles. The molecule has 0 radical (unpaired) electrons. The van der Waals surface area contributed by atoms with E-state index in [9.17, 15) is 0 Å². The first-order valence-corrected chi connectivity index (χ1v) is 4.80. The third-order valence-corrected chi connectivity index (χ3v) is 2.81. The quantitative estimate of drug-likeness (QED) is 0.771. The number of allylic oxidation sites excluding steroid dienone is 1. The predicted molar refractivity (Wildman–Crippen MR) is 40.2 cm³/mol. The Kier molecular flexibility index (Phi) is 2.25. The van der Waals surface area contributed by atoms with Crippen molar-refractivity contribution >= 4 is 4.02 Å². The van der Waals surface area contributed by atoms with Crippen LogP contribution in [0.25, 0.3) is 0 Å². The summed E-state index contributed by atoms with van der Waals surface area (Å²) in [6.45, 7) is 8.27. The van der Waals surface area contributed by atoms with Crippen LogP contribution in [0.2, 0.25) is 0 Å². The van der Waals surface area contributed by atoms with Gasteiger partial charge in [0, 0.05) is 0 Å². The van der Waals surface area contributed by atoms with Gasteiger partial charge in [0.05, 0.1) is 0 Å². The van der Waals surface area contributed by atoms with Crippen LogP contribution in [0.1, 0.15) is 13.8 Å². The summed E-state index contributed by atoms with van der Waals surface area (Å²) in [5, 5.41) is 3.32. The van der Waals surface area contributed by atoms with Crippen molar-refractivity contribution < 1.29 is 19.4 Å². The van der Waals surface area contributed by atoms with Crippen molar-refractivity contribution in [1.82, 2.24) is 5.32 Å². The number of rotatable bonds is 1. The van der Waals surface area contributed by atoms with Crippen molar-refractivity contribution in [3.8, 4) is 0 Å². The van der Waals surface area contributed by atoms with Crippen molar-refractivity contribution in [2.45, 2.75) is 13.8 Å². The monoisotopic (exact) mass is 305 g/mol. The van der Waals surface area contributed by atoms with Gasteiger partial charge in [0.25, 0.3) is 0 Å². The fourth-order valence-electron chi connectivity index (χ4n) is 0.812. The zero-order valence-electron chi connectivity index (χ0n) is 6.27. The van der Waals surface area contributed by atoms with E-state index in [1.807, 2.05) is 0 Å². The second kappa shape index (κ2) is 2.84. The Morgan fingerprint density at radius 3 is 2.40 bits per heavy atom. The first-order valence-electron chi connectivity index (χ1n) is 3.33. The summed E-state index contributed by atoms with van der Waals surface area (Å²) >= 11 is 1.46. The summed E-state index contributed by atoms with van der Waals surface area (Å²) in [7, 11) is 0. The molecule has 0 saturated carbocycles. The van der Waals surface area contributed by atoms with Gasteiger partial charge in [-0.15, -0.1) is 0 Å². The topological polar surface area (TPSA) is 12.0 Å². The van der Waals surface area contributed by atoms with E-state index in [-0.39, 0.29) is 0 Å². The molecule has 0 spiro atoms. The van der Waals surface area contributed by atoms with Gasteiger partial charge in [-0.3, -0.25) is 0 Å². The molecule has 2 heteroatoms. The molecular weight excluding hydrogens is 294 g/mol. The number of hydrogen-bond acceptors (Lipinski definition) is 1. The van der Waals surface area contributed by atoms with Crippen LogP contribution in [0.3, 0.4) is 0 Å². The van der Waals surface area contributed by atoms with Crippen molar-refractivity contribution in [2.24, 2.45) is 5.92 Å². The molecule has 0 saturated heterocycles. The molecule has 1 heterocycles. The first-order chi connectivity index (χ1) is 4.61. The molecule has 1 aliphatic heterocycles. The van der Waals surface area contributed by atoms with Crippen LogP contribution >= 0.6 is 0 Å². The van der Waals surface area contributed by atoms with E-state index in [1.54, 1.807) is 0 Å². The summed E-state index contributed by atoms with van der Waals surface area (Å²) < 4.78 is 1.27. The van der Waals surface area contributed by atoms with Crippen LogP contribution in [0.4, 0.5) is 0 Å². The van der Waals surface area contributed by atoms with Crippen molar-refractivity contribution in [3.63, 3.8) is 0 Å². The molecule has 1 aliphatic rings. The molecule has 0 bridgehead atoms. The van der Waals surface area contributed by atoms with Gasteiger partial charge in [-0.2, -0.15) is 0 Å². The average Bonchev–Trinajstić information content (AvgIpc) is 2.13. The van der Waals surface area contributed by atoms with Gasteiger partial charge in [0.15, 0.2) is 0 Å². The Bertz CT molecular complexity index is 213. The summed E-state index contributed by atoms with van der Waals surface area (Å²) in [5.74, 6) is 0.591. The van der Waals surface area contributed by atoms with Crippen LogP contribution in [0.15, 0.2) is 23.9 Å². The Morgan fingerprint density at radius 2 is 2.20 bits per heavy atom. The van der Waals surface area contributed by atoms with Crippen LogP contribution in [0.5, 0.6) is 0 Å². The molecule has 0 amide bonds. The second-order valence-electron chi connectivity index (χ2n) is 2.73. The molecule has 0 aromatic rings. The van der Waals surface area contributed by atoms with Gasteiger partial charge < -0.3 is 0 Å². The van der Waals surface area contributed by atoms with E-state index in [0.29, 0.717) is 5.92 Å². The molecule has 0 unspecified atom stereocenters. The summed E-state index contributed by atoms with van der Waals surface area (Å²) in [4.78, 5) is 0. The fraction of sp³-hybridized carbons (Fsp3) is 0.375. The Morgan fingerprint density at radius 1 is 1.60 bits per heavy atom. The van der Waals surface area contributed by atoms with Gasteiger partial charge in [-0.1, -0.05) is 0 Å². The van der Waals surface area contributed by atoms with Crippen molar-refractivity contribution in [3.05, 3.63) is 23.9 Å². The summed E-state index contributed by atoms with van der Waals surface area (Å²) in [6.07, 6.45) is 2.13. The van der Waals surface area contributed by atoms with E-state index in [0.717, 1.165) is 5.57 Å². The van der Waals surface area contributed by atoms with E-state index >= 15 is 0 Å². The van der Waals surface area contributed by atoms with Crippen LogP contribution in [-0.2, 0) is 19.4 Å². The number of hydrogen-bond donors (Lipinski definition) is 1. The van der Waals surface area contributed by atoms with Crippen molar-refractivity contribution in [2.75, 3.05) is 0 Å². The molecule has 0 atom stereocenters. The third-order valence-electron chi connectivity index (χ3n) is 1.50. The first kappa shape index (κ1) is 7.94. The third kappa shape index (κ3) is 1.46. The van der Waals surface area contributed by atoms with E-state index in [1.165, 1.54) is 29.1 Å². The van der Waals surface area contributed by atoms with E-state index in [2.05, 4.69) is 31.8 Å². The summed E-state index contributed by atoms with van der Waals surface area (Å²) in [6, 6.07) is 0. The maximum atomic E-state index is 3.91. The predicted octanol–water partition coefficient (Wildman–Crippen LogP) is 1.36. The fourth-order valence-corrected chi connectivity index (χ4v) is 1.45. The maximum absolute atomic E-state index is 3.91. The average molecular weight is 305 g/mol. The molecular formula is C8H11NW. The molecule has 10 heavy (non-hydrogen) atoms. The molecule has 0 aliphatic carbocycles. The minimum absolute atomic E-state index is 0.591. The van der Waals surface area contributed by atoms with E-state index < -0.39 is 0 Å². The van der Waals surface area contributed by atoms with Gasteiger partial charge in [-0.25, -0.2) is 0 Å². The summed E-state index contributed by atoms with van der Waals surface area (Å²) in [5.41, 5.74) is 2.45. The molecule has 54 valence electrons. The van der Waals surface area contributed by atoms with Gasteiger partial charge in [0.1, 0.15) is 0 Å². The van der Waals surface area contributed by atoms with Crippen LogP contribution in [0, 0.1) is 5.92 Å². The minimum atomic E-state index is 0.591. The van der Waals surface area contributed by atoms with Gasteiger partial charge >= 0.3 is 72.4 Å². The molecule has 0 fully saturated rings. The van der Waals surface area contributed by atoms with Gasteiger partial charge in [0.2, 0.25) is 0 Å². The zero-order chi connectivity index (χ0) is 7.72. The normalized spacial score (nSPS) is 17.7. The van der Waals surface area contributed by atoms with Crippen LogP contribution in [-0.4, -0.2) is 4.02 Å². The molecule has 0 aromatic carbocycles. The van der Waals surface area contributed by atoms with E-state index in [4.69, 9.17) is 0 Å². The second-order valence-corrected chi connectivity index (χ2v) is 4.20. The Balaban J connectivity index is 2.77. The zero-order valence-corrected chi connectivity index (χ0v) is 9.20. The number of nitrogens with one attached hydrogen (secondary N) is 1. The Hall–Kier alpha value is -0.162. The molecule has 1 N–H and O–H groups in total. The molecule has 1 nitrogen and oxygen atoms in total.